The average Bonchev–Trinajstić information content (AvgIpc) is 3.19. The van der Waals surface area contributed by atoms with Crippen molar-refractivity contribution >= 4 is 17.0 Å². The number of hydrogen-bond donors (Lipinski definition) is 1. The van der Waals surface area contributed by atoms with Crippen LogP contribution < -0.4 is 20.5 Å². The summed E-state index contributed by atoms with van der Waals surface area (Å²) in [7, 11) is 0. The number of carbonyl (C=O) groups excluding carboxylic acids is 1. The maximum Gasteiger partial charge on any atom is 0.420 e. The number of ether oxygens (including phenoxy) is 2. The van der Waals surface area contributed by atoms with Gasteiger partial charge < -0.3 is 19.2 Å². The molecule has 0 radical (unpaired) electrons. The Hall–Kier alpha value is -3.66. The van der Waals surface area contributed by atoms with Gasteiger partial charge in [0.2, 0.25) is 5.91 Å². The molecular formula is C23H22N2O5. The highest BCUT2D eigenvalue weighted by atomic mass is 16.5. The molecule has 0 aliphatic carbocycles. The molecule has 0 saturated heterocycles. The van der Waals surface area contributed by atoms with Gasteiger partial charge in [0.1, 0.15) is 18.8 Å². The second kappa shape index (κ2) is 7.99. The third kappa shape index (κ3) is 4.18. The highest BCUT2D eigenvalue weighted by molar-refractivity contribution is 5.79. The van der Waals surface area contributed by atoms with E-state index in [4.69, 9.17) is 13.9 Å². The van der Waals surface area contributed by atoms with Gasteiger partial charge in [-0.3, -0.25) is 9.36 Å². The van der Waals surface area contributed by atoms with Gasteiger partial charge in [-0.05, 0) is 32.0 Å². The van der Waals surface area contributed by atoms with Crippen molar-refractivity contribution in [3.05, 3.63) is 58.6 Å². The highest BCUT2D eigenvalue weighted by Crippen LogP contribution is 2.41. The molecule has 1 aromatic heterocycles. The first kappa shape index (κ1) is 19.6. The molecule has 1 aliphatic rings. The Morgan fingerprint density at radius 1 is 1.20 bits per heavy atom. The summed E-state index contributed by atoms with van der Waals surface area (Å²) in [4.78, 5) is 24.0. The molecule has 7 nitrogen and oxygen atoms in total. The van der Waals surface area contributed by atoms with E-state index >= 15 is 0 Å². The second-order valence-electron chi connectivity index (χ2n) is 7.62. The molecule has 0 unspecified atom stereocenters. The molecule has 1 aliphatic heterocycles. The number of nitrogens with one attached hydrogen (secondary N) is 1. The summed E-state index contributed by atoms with van der Waals surface area (Å²) in [5.41, 5.74) is 1.92. The monoisotopic (exact) mass is 406 g/mol. The van der Waals surface area contributed by atoms with Gasteiger partial charge in [0.15, 0.2) is 17.1 Å². The summed E-state index contributed by atoms with van der Waals surface area (Å²) in [5, 5.41) is 2.67. The third-order valence-corrected chi connectivity index (χ3v) is 4.73. The Kier molecular flexibility index (Phi) is 5.23. The summed E-state index contributed by atoms with van der Waals surface area (Å²) in [6.07, 6.45) is 0.840. The van der Waals surface area contributed by atoms with E-state index in [-0.39, 0.29) is 31.2 Å². The van der Waals surface area contributed by atoms with Crippen LogP contribution >= 0.6 is 0 Å². The minimum absolute atomic E-state index is 0.128. The molecule has 1 N–H and O–H groups in total. The number of fused-ring (bicyclic) bond motifs is 2. The zero-order valence-electron chi connectivity index (χ0n) is 16.9. The molecule has 3 aromatic rings. The number of oxazole rings is 1. The largest absolute Gasteiger partial charge is 0.483 e. The number of nitrogens with zero attached hydrogens (tertiary/aromatic N) is 1. The van der Waals surface area contributed by atoms with Crippen LogP contribution in [0.25, 0.3) is 11.1 Å². The molecule has 0 bridgehead atoms. The van der Waals surface area contributed by atoms with Crippen LogP contribution in [-0.2, 0) is 17.8 Å². The number of hydrogen-bond acceptors (Lipinski definition) is 5. The lowest BCUT2D eigenvalue weighted by atomic mass is 10.0. The molecule has 154 valence electrons. The molecule has 0 fully saturated rings. The Labute approximate surface area is 173 Å². The van der Waals surface area contributed by atoms with Crippen molar-refractivity contribution in [2.45, 2.75) is 32.4 Å². The van der Waals surface area contributed by atoms with Gasteiger partial charge >= 0.3 is 5.76 Å². The third-order valence-electron chi connectivity index (χ3n) is 4.73. The van der Waals surface area contributed by atoms with Crippen LogP contribution in [0.15, 0.2) is 51.7 Å². The fraction of sp³-hybridized carbons (Fsp3) is 0.304. The first-order chi connectivity index (χ1) is 14.4. The lowest BCUT2D eigenvalue weighted by molar-refractivity contribution is -0.121. The van der Waals surface area contributed by atoms with Gasteiger partial charge in [-0.25, -0.2) is 4.79 Å². The van der Waals surface area contributed by atoms with Crippen molar-refractivity contribution in [3.8, 4) is 23.3 Å². The van der Waals surface area contributed by atoms with E-state index in [1.165, 1.54) is 4.57 Å². The van der Waals surface area contributed by atoms with E-state index < -0.39 is 5.76 Å². The zero-order chi connectivity index (χ0) is 21.1. The van der Waals surface area contributed by atoms with Crippen molar-refractivity contribution < 1.29 is 18.7 Å². The normalized spacial score (nSPS) is 13.8. The molecule has 4 rings (SSSR count). The fourth-order valence-electron chi connectivity index (χ4n) is 3.43. The predicted molar refractivity (Wildman–Crippen MR) is 112 cm³/mol. The van der Waals surface area contributed by atoms with E-state index in [2.05, 4.69) is 17.2 Å². The van der Waals surface area contributed by atoms with E-state index in [1.807, 2.05) is 32.0 Å². The topological polar surface area (TPSA) is 82.7 Å². The molecule has 7 heteroatoms. The maximum absolute atomic E-state index is 12.1. The first-order valence-corrected chi connectivity index (χ1v) is 9.67. The number of amides is 1. The Morgan fingerprint density at radius 2 is 2.03 bits per heavy atom. The number of carbonyl (C=O) groups is 1. The van der Waals surface area contributed by atoms with Crippen molar-refractivity contribution in [2.75, 3.05) is 13.2 Å². The van der Waals surface area contributed by atoms with Crippen molar-refractivity contribution in [1.82, 2.24) is 9.88 Å². The summed E-state index contributed by atoms with van der Waals surface area (Å²) in [6.45, 7) is 4.29. The predicted octanol–water partition coefficient (Wildman–Crippen LogP) is 2.51. The smallest absolute Gasteiger partial charge is 0.420 e. The molecule has 0 saturated carbocycles. The zero-order valence-corrected chi connectivity index (χ0v) is 16.9. The summed E-state index contributed by atoms with van der Waals surface area (Å²) in [6, 6.07) is 12.8. The summed E-state index contributed by atoms with van der Waals surface area (Å²) >= 11 is 0. The van der Waals surface area contributed by atoms with Crippen LogP contribution in [0.5, 0.6) is 11.5 Å². The lowest BCUT2D eigenvalue weighted by Gasteiger charge is -2.17. The Bertz CT molecular complexity index is 1210. The summed E-state index contributed by atoms with van der Waals surface area (Å²) < 4.78 is 18.1. The van der Waals surface area contributed by atoms with E-state index in [1.54, 1.807) is 24.3 Å². The number of para-hydroxylation sites is 3. The van der Waals surface area contributed by atoms with Crippen molar-refractivity contribution in [2.24, 2.45) is 0 Å². The number of aromatic nitrogens is 1. The van der Waals surface area contributed by atoms with E-state index in [9.17, 15) is 9.59 Å². The maximum atomic E-state index is 12.1. The molecule has 0 spiro atoms. The quantitative estimate of drug-likeness (QED) is 0.659. The highest BCUT2D eigenvalue weighted by Gasteiger charge is 2.32. The van der Waals surface area contributed by atoms with Crippen molar-refractivity contribution in [1.29, 1.82) is 0 Å². The van der Waals surface area contributed by atoms with Gasteiger partial charge in [0.25, 0.3) is 0 Å². The van der Waals surface area contributed by atoms with E-state index in [0.717, 1.165) is 17.7 Å². The number of benzene rings is 2. The van der Waals surface area contributed by atoms with Gasteiger partial charge in [0, 0.05) is 12.0 Å². The standard InChI is InChI=1S/C23H22N2O5/c1-23(2)14-16-8-7-11-19(21(16)30-23)28-13-6-5-12-24-20(26)15-25-17-9-3-4-10-18(17)29-22(25)27/h3-4,7-11H,12-15H2,1-2H3,(H,24,26). The SMILES string of the molecule is CC1(C)Cc2cccc(OCC#CCNC(=O)Cn3c(=O)oc4ccccc43)c2O1. The van der Waals surface area contributed by atoms with Gasteiger partial charge in [0.05, 0.1) is 12.1 Å². The van der Waals surface area contributed by atoms with Gasteiger partial charge in [-0.2, -0.15) is 0 Å². The van der Waals surface area contributed by atoms with Crippen LogP contribution in [0.1, 0.15) is 19.4 Å². The summed E-state index contributed by atoms with van der Waals surface area (Å²) in [5.74, 6) is 6.27. The van der Waals surface area contributed by atoms with Crippen molar-refractivity contribution in [3.63, 3.8) is 0 Å². The Morgan fingerprint density at radius 3 is 2.90 bits per heavy atom. The van der Waals surface area contributed by atoms with Crippen LogP contribution in [0, 0.1) is 11.8 Å². The van der Waals surface area contributed by atoms with Crippen LogP contribution in [0.4, 0.5) is 0 Å². The minimum atomic E-state index is -0.563. The number of rotatable bonds is 5. The van der Waals surface area contributed by atoms with Crippen LogP contribution in [-0.4, -0.2) is 29.2 Å². The Balaban J connectivity index is 1.27. The molecular weight excluding hydrogens is 384 g/mol. The fourth-order valence-corrected chi connectivity index (χ4v) is 3.43. The molecule has 0 atom stereocenters. The second-order valence-corrected chi connectivity index (χ2v) is 7.62. The average molecular weight is 406 g/mol. The van der Waals surface area contributed by atoms with Crippen LogP contribution in [0.2, 0.25) is 0 Å². The van der Waals surface area contributed by atoms with Gasteiger partial charge in [-0.1, -0.05) is 36.1 Å². The molecule has 1 amide bonds. The van der Waals surface area contributed by atoms with E-state index in [0.29, 0.717) is 16.8 Å². The first-order valence-electron chi connectivity index (χ1n) is 9.67. The minimum Gasteiger partial charge on any atom is -0.483 e. The van der Waals surface area contributed by atoms with Crippen LogP contribution in [0.3, 0.4) is 0 Å². The molecule has 30 heavy (non-hydrogen) atoms. The lowest BCUT2D eigenvalue weighted by Crippen LogP contribution is -2.31. The van der Waals surface area contributed by atoms with Gasteiger partial charge in [-0.15, -0.1) is 0 Å². The molecule has 2 heterocycles. The molecule has 2 aromatic carbocycles.